The molecular weight excluding hydrogens is 181 g/mol. The van der Waals surface area contributed by atoms with Crippen molar-refractivity contribution in [2.24, 2.45) is 5.16 Å². The third-order valence-electron chi connectivity index (χ3n) is 2.32. The van der Waals surface area contributed by atoms with Gasteiger partial charge < -0.3 is 4.84 Å². The molecule has 0 unspecified atom stereocenters. The average molecular weight is 193 g/mol. The van der Waals surface area contributed by atoms with E-state index in [2.05, 4.69) is 5.16 Å². The standard InChI is InChI=1S/C11H12FNO/c1-2-14-13-10-7-6-8-4-3-5-9(12)11(8)10/h3-5H,2,6-7H2,1H3/b13-10+. The summed E-state index contributed by atoms with van der Waals surface area (Å²) in [7, 11) is 0. The van der Waals surface area contributed by atoms with E-state index in [-0.39, 0.29) is 5.82 Å². The Morgan fingerprint density at radius 2 is 2.29 bits per heavy atom. The molecule has 1 aliphatic carbocycles. The number of nitrogens with zero attached hydrogens (tertiary/aromatic N) is 1. The molecule has 0 saturated heterocycles. The van der Waals surface area contributed by atoms with E-state index in [1.165, 1.54) is 6.07 Å². The summed E-state index contributed by atoms with van der Waals surface area (Å²) in [5.41, 5.74) is 2.41. The molecule has 0 fully saturated rings. The molecule has 0 radical (unpaired) electrons. The molecule has 1 aromatic rings. The third-order valence-corrected chi connectivity index (χ3v) is 2.32. The van der Waals surface area contributed by atoms with E-state index in [1.54, 1.807) is 6.07 Å². The molecule has 0 spiro atoms. The molecule has 3 heteroatoms. The molecule has 0 aromatic heterocycles. The molecule has 0 aliphatic heterocycles. The van der Waals surface area contributed by atoms with Crippen LogP contribution in [-0.4, -0.2) is 12.3 Å². The summed E-state index contributed by atoms with van der Waals surface area (Å²) in [4.78, 5) is 4.95. The SMILES string of the molecule is CCO/N=C1\CCc2cccc(F)c21. The van der Waals surface area contributed by atoms with Crippen molar-refractivity contribution in [3.8, 4) is 0 Å². The van der Waals surface area contributed by atoms with Crippen LogP contribution in [-0.2, 0) is 11.3 Å². The highest BCUT2D eigenvalue weighted by Gasteiger charge is 2.21. The van der Waals surface area contributed by atoms with E-state index >= 15 is 0 Å². The topological polar surface area (TPSA) is 21.6 Å². The van der Waals surface area contributed by atoms with Gasteiger partial charge in [-0.15, -0.1) is 0 Å². The zero-order valence-corrected chi connectivity index (χ0v) is 8.09. The summed E-state index contributed by atoms with van der Waals surface area (Å²) in [6, 6.07) is 5.14. The largest absolute Gasteiger partial charge is 0.396 e. The number of halogens is 1. The first-order valence-corrected chi connectivity index (χ1v) is 4.79. The fourth-order valence-electron chi connectivity index (χ4n) is 1.71. The number of fused-ring (bicyclic) bond motifs is 1. The summed E-state index contributed by atoms with van der Waals surface area (Å²) in [5.74, 6) is -0.196. The predicted octanol–water partition coefficient (Wildman–Crippen LogP) is 2.51. The summed E-state index contributed by atoms with van der Waals surface area (Å²) in [5, 5.41) is 3.92. The van der Waals surface area contributed by atoms with Gasteiger partial charge in [-0.05, 0) is 31.4 Å². The summed E-state index contributed by atoms with van der Waals surface area (Å²) >= 11 is 0. The normalized spacial score (nSPS) is 17.1. The highest BCUT2D eigenvalue weighted by Crippen LogP contribution is 2.24. The number of rotatable bonds is 2. The Bertz CT molecular complexity index is 374. The molecule has 2 nitrogen and oxygen atoms in total. The lowest BCUT2D eigenvalue weighted by Crippen LogP contribution is -1.99. The molecule has 0 atom stereocenters. The monoisotopic (exact) mass is 193 g/mol. The van der Waals surface area contributed by atoms with Gasteiger partial charge >= 0.3 is 0 Å². The number of hydrogen-bond acceptors (Lipinski definition) is 2. The van der Waals surface area contributed by atoms with E-state index in [4.69, 9.17) is 4.84 Å². The van der Waals surface area contributed by atoms with Crippen molar-refractivity contribution < 1.29 is 9.23 Å². The minimum absolute atomic E-state index is 0.196. The summed E-state index contributed by atoms with van der Waals surface area (Å²) in [6.07, 6.45) is 1.63. The first-order valence-electron chi connectivity index (χ1n) is 4.79. The lowest BCUT2D eigenvalue weighted by Gasteiger charge is -2.01. The van der Waals surface area contributed by atoms with Gasteiger partial charge in [0.2, 0.25) is 0 Å². The highest BCUT2D eigenvalue weighted by atomic mass is 19.1. The van der Waals surface area contributed by atoms with E-state index in [1.807, 2.05) is 13.0 Å². The lowest BCUT2D eigenvalue weighted by molar-refractivity contribution is 0.158. The molecule has 0 saturated carbocycles. The Morgan fingerprint density at radius 1 is 1.43 bits per heavy atom. The van der Waals surface area contributed by atoms with Crippen molar-refractivity contribution in [3.05, 3.63) is 35.1 Å². The zero-order chi connectivity index (χ0) is 9.97. The second kappa shape index (κ2) is 3.78. The zero-order valence-electron chi connectivity index (χ0n) is 8.09. The van der Waals surface area contributed by atoms with Crippen molar-refractivity contribution in [3.63, 3.8) is 0 Å². The fourth-order valence-corrected chi connectivity index (χ4v) is 1.71. The minimum Gasteiger partial charge on any atom is -0.396 e. The van der Waals surface area contributed by atoms with Gasteiger partial charge in [-0.1, -0.05) is 17.3 Å². The van der Waals surface area contributed by atoms with Crippen molar-refractivity contribution in [2.45, 2.75) is 19.8 Å². The van der Waals surface area contributed by atoms with Gasteiger partial charge in [-0.25, -0.2) is 4.39 Å². The van der Waals surface area contributed by atoms with Gasteiger partial charge in [0, 0.05) is 5.56 Å². The first kappa shape index (κ1) is 9.19. The second-order valence-corrected chi connectivity index (χ2v) is 3.23. The van der Waals surface area contributed by atoms with Crippen LogP contribution in [0, 0.1) is 5.82 Å². The van der Waals surface area contributed by atoms with Crippen LogP contribution in [0.5, 0.6) is 0 Å². The Hall–Kier alpha value is -1.38. The number of aryl methyl sites for hydroxylation is 1. The van der Waals surface area contributed by atoms with Crippen LogP contribution >= 0.6 is 0 Å². The van der Waals surface area contributed by atoms with Crippen LogP contribution in [0.25, 0.3) is 0 Å². The lowest BCUT2D eigenvalue weighted by atomic mass is 10.1. The number of benzene rings is 1. The average Bonchev–Trinajstić information content (AvgIpc) is 2.59. The molecule has 14 heavy (non-hydrogen) atoms. The maximum atomic E-state index is 13.4. The van der Waals surface area contributed by atoms with Crippen molar-refractivity contribution >= 4 is 5.71 Å². The Balaban J connectivity index is 2.38. The quantitative estimate of drug-likeness (QED) is 0.661. The van der Waals surface area contributed by atoms with Crippen LogP contribution in [0.2, 0.25) is 0 Å². The van der Waals surface area contributed by atoms with Crippen LogP contribution in [0.1, 0.15) is 24.5 Å². The van der Waals surface area contributed by atoms with E-state index in [9.17, 15) is 4.39 Å². The van der Waals surface area contributed by atoms with E-state index in [0.29, 0.717) is 12.2 Å². The van der Waals surface area contributed by atoms with Crippen molar-refractivity contribution in [2.75, 3.05) is 6.61 Å². The van der Waals surface area contributed by atoms with Gasteiger partial charge in [0.05, 0.1) is 5.71 Å². The van der Waals surface area contributed by atoms with Gasteiger partial charge in [-0.3, -0.25) is 0 Å². The van der Waals surface area contributed by atoms with Gasteiger partial charge in [0.25, 0.3) is 0 Å². The van der Waals surface area contributed by atoms with Crippen LogP contribution in [0.15, 0.2) is 23.4 Å². The van der Waals surface area contributed by atoms with Crippen LogP contribution in [0.3, 0.4) is 0 Å². The molecule has 74 valence electrons. The van der Waals surface area contributed by atoms with Crippen LogP contribution in [0.4, 0.5) is 4.39 Å². The van der Waals surface area contributed by atoms with Gasteiger partial charge in [0.15, 0.2) is 0 Å². The number of hydrogen-bond donors (Lipinski definition) is 0. The van der Waals surface area contributed by atoms with E-state index in [0.717, 1.165) is 24.1 Å². The maximum Gasteiger partial charge on any atom is 0.132 e. The highest BCUT2D eigenvalue weighted by molar-refractivity contribution is 6.04. The Labute approximate surface area is 82.4 Å². The maximum absolute atomic E-state index is 13.4. The molecule has 0 N–H and O–H groups in total. The summed E-state index contributed by atoms with van der Waals surface area (Å²) < 4.78 is 13.4. The molecule has 0 amide bonds. The molecular formula is C11H12FNO. The Kier molecular flexibility index (Phi) is 2.48. The second-order valence-electron chi connectivity index (χ2n) is 3.23. The molecule has 1 aliphatic rings. The van der Waals surface area contributed by atoms with Gasteiger partial charge in [-0.2, -0.15) is 0 Å². The van der Waals surface area contributed by atoms with Crippen molar-refractivity contribution in [1.82, 2.24) is 0 Å². The van der Waals surface area contributed by atoms with Gasteiger partial charge in [0.1, 0.15) is 12.4 Å². The van der Waals surface area contributed by atoms with Crippen molar-refractivity contribution in [1.29, 1.82) is 0 Å². The Morgan fingerprint density at radius 3 is 3.07 bits per heavy atom. The summed E-state index contributed by atoms with van der Waals surface area (Å²) in [6.45, 7) is 2.38. The van der Waals surface area contributed by atoms with E-state index < -0.39 is 0 Å². The third kappa shape index (κ3) is 1.50. The molecule has 0 bridgehead atoms. The predicted molar refractivity (Wildman–Crippen MR) is 52.9 cm³/mol. The minimum atomic E-state index is -0.196. The van der Waals surface area contributed by atoms with Crippen LogP contribution < -0.4 is 0 Å². The number of oxime groups is 1. The molecule has 2 rings (SSSR count). The first-order chi connectivity index (χ1) is 6.83. The smallest absolute Gasteiger partial charge is 0.132 e. The fraction of sp³-hybridized carbons (Fsp3) is 0.364. The molecule has 0 heterocycles. The molecule has 1 aromatic carbocycles.